The second kappa shape index (κ2) is 11.3. The van der Waals surface area contributed by atoms with Crippen molar-refractivity contribution in [1.82, 2.24) is 9.80 Å². The van der Waals surface area contributed by atoms with Gasteiger partial charge in [-0.05, 0) is 68.0 Å². The molecule has 1 amide bonds. The molecule has 3 atom stereocenters. The zero-order chi connectivity index (χ0) is 25.0. The van der Waals surface area contributed by atoms with Gasteiger partial charge in [0.2, 0.25) is 0 Å². The second-order valence-electron chi connectivity index (χ2n) is 10.9. The highest BCUT2D eigenvalue weighted by Crippen LogP contribution is 2.44. The highest BCUT2D eigenvalue weighted by atomic mass is 16.6. The number of amides is 1. The standard InChI is InChI=1S/C30H40N2O4/c1-23(2)27-20-30(22-35-28(27)24-9-4-3-5-10-24)21-32(16-18-36-30)29(33)25-11-8-12-26(19-25)34-17-15-31-13-6-7-14-31/h3-5,8-12,19,23,27-28H,6-7,13-18,20-22H2,1-2H3/t27-,28-,30-/m0/s1. The molecule has 0 N–H and O–H groups in total. The molecule has 3 fully saturated rings. The summed E-state index contributed by atoms with van der Waals surface area (Å²) in [6.07, 6.45) is 3.50. The van der Waals surface area contributed by atoms with E-state index in [-0.39, 0.29) is 12.0 Å². The maximum Gasteiger partial charge on any atom is 0.254 e. The van der Waals surface area contributed by atoms with E-state index in [1.54, 1.807) is 0 Å². The monoisotopic (exact) mass is 492 g/mol. The quantitative estimate of drug-likeness (QED) is 0.555. The summed E-state index contributed by atoms with van der Waals surface area (Å²) in [6, 6.07) is 18.1. The number of rotatable bonds is 7. The van der Waals surface area contributed by atoms with Gasteiger partial charge in [-0.15, -0.1) is 0 Å². The number of nitrogens with zero attached hydrogens (tertiary/aromatic N) is 2. The van der Waals surface area contributed by atoms with Crippen molar-refractivity contribution in [2.24, 2.45) is 11.8 Å². The summed E-state index contributed by atoms with van der Waals surface area (Å²) >= 11 is 0. The van der Waals surface area contributed by atoms with Crippen molar-refractivity contribution in [2.45, 2.75) is 44.8 Å². The van der Waals surface area contributed by atoms with E-state index >= 15 is 0 Å². The fraction of sp³-hybridized carbons (Fsp3) is 0.567. The molecular formula is C30H40N2O4. The van der Waals surface area contributed by atoms with Gasteiger partial charge in [-0.1, -0.05) is 50.2 Å². The number of ether oxygens (including phenoxy) is 3. The lowest BCUT2D eigenvalue weighted by Crippen LogP contribution is -2.59. The summed E-state index contributed by atoms with van der Waals surface area (Å²) in [6.45, 7) is 10.6. The van der Waals surface area contributed by atoms with E-state index < -0.39 is 5.60 Å². The topological polar surface area (TPSA) is 51.2 Å². The fourth-order valence-corrected chi connectivity index (χ4v) is 5.96. The molecule has 2 aromatic carbocycles. The van der Waals surface area contributed by atoms with Crippen LogP contribution in [0.3, 0.4) is 0 Å². The molecular weight excluding hydrogens is 452 g/mol. The normalized spacial score (nSPS) is 27.0. The first-order valence-corrected chi connectivity index (χ1v) is 13.6. The van der Waals surface area contributed by atoms with Crippen LogP contribution in [0.25, 0.3) is 0 Å². The van der Waals surface area contributed by atoms with Crippen LogP contribution >= 0.6 is 0 Å². The van der Waals surface area contributed by atoms with Crippen molar-refractivity contribution >= 4 is 5.91 Å². The summed E-state index contributed by atoms with van der Waals surface area (Å²) < 4.78 is 18.8. The number of carbonyl (C=O) groups is 1. The third-order valence-corrected chi connectivity index (χ3v) is 8.00. The lowest BCUT2D eigenvalue weighted by atomic mass is 9.75. The van der Waals surface area contributed by atoms with Crippen LogP contribution in [0.2, 0.25) is 0 Å². The van der Waals surface area contributed by atoms with Crippen LogP contribution in [0.1, 0.15) is 55.1 Å². The molecule has 194 valence electrons. The molecule has 36 heavy (non-hydrogen) atoms. The summed E-state index contributed by atoms with van der Waals surface area (Å²) in [4.78, 5) is 17.9. The Balaban J connectivity index is 1.23. The zero-order valence-corrected chi connectivity index (χ0v) is 21.7. The van der Waals surface area contributed by atoms with E-state index in [2.05, 4.69) is 43.0 Å². The fourth-order valence-electron chi connectivity index (χ4n) is 5.96. The number of morpholine rings is 1. The van der Waals surface area contributed by atoms with E-state index in [4.69, 9.17) is 14.2 Å². The average molecular weight is 493 g/mol. The molecule has 0 aliphatic carbocycles. The van der Waals surface area contributed by atoms with Gasteiger partial charge in [-0.3, -0.25) is 9.69 Å². The van der Waals surface area contributed by atoms with Crippen molar-refractivity contribution in [1.29, 1.82) is 0 Å². The molecule has 3 saturated heterocycles. The maximum absolute atomic E-state index is 13.5. The van der Waals surface area contributed by atoms with Crippen LogP contribution in [-0.2, 0) is 9.47 Å². The lowest BCUT2D eigenvalue weighted by molar-refractivity contribution is -0.204. The Morgan fingerprint density at radius 3 is 2.67 bits per heavy atom. The first-order valence-electron chi connectivity index (χ1n) is 13.6. The summed E-state index contributed by atoms with van der Waals surface area (Å²) in [5.41, 5.74) is 1.43. The van der Waals surface area contributed by atoms with E-state index in [1.165, 1.54) is 18.4 Å². The van der Waals surface area contributed by atoms with Gasteiger partial charge < -0.3 is 19.1 Å². The molecule has 0 unspecified atom stereocenters. The molecule has 3 aliphatic rings. The number of benzene rings is 2. The molecule has 0 aromatic heterocycles. The van der Waals surface area contributed by atoms with Crippen molar-refractivity contribution < 1.29 is 19.0 Å². The number of likely N-dealkylation sites (tertiary alicyclic amines) is 1. The Bertz CT molecular complexity index is 1010. The van der Waals surface area contributed by atoms with E-state index in [0.29, 0.717) is 50.3 Å². The number of carbonyl (C=O) groups excluding carboxylic acids is 1. The van der Waals surface area contributed by atoms with Crippen LogP contribution in [0, 0.1) is 11.8 Å². The van der Waals surface area contributed by atoms with Crippen LogP contribution in [0.5, 0.6) is 5.75 Å². The molecule has 5 rings (SSSR count). The predicted octanol–water partition coefficient (Wildman–Crippen LogP) is 4.81. The van der Waals surface area contributed by atoms with Crippen LogP contribution in [0.15, 0.2) is 54.6 Å². The minimum Gasteiger partial charge on any atom is -0.492 e. The largest absolute Gasteiger partial charge is 0.492 e. The van der Waals surface area contributed by atoms with Crippen LogP contribution in [-0.4, -0.2) is 73.9 Å². The second-order valence-corrected chi connectivity index (χ2v) is 10.9. The molecule has 2 aromatic rings. The van der Waals surface area contributed by atoms with Gasteiger partial charge in [0.05, 0.1) is 25.9 Å². The molecule has 6 nitrogen and oxygen atoms in total. The summed E-state index contributed by atoms with van der Waals surface area (Å²) in [7, 11) is 0. The Labute approximate surface area is 215 Å². The van der Waals surface area contributed by atoms with Gasteiger partial charge in [0.1, 0.15) is 18.0 Å². The molecule has 6 heteroatoms. The van der Waals surface area contributed by atoms with E-state index in [0.717, 1.165) is 31.8 Å². The Morgan fingerprint density at radius 1 is 1.08 bits per heavy atom. The van der Waals surface area contributed by atoms with Crippen molar-refractivity contribution in [2.75, 3.05) is 52.5 Å². The first kappa shape index (κ1) is 25.2. The van der Waals surface area contributed by atoms with Gasteiger partial charge in [0.25, 0.3) is 5.91 Å². The highest BCUT2D eigenvalue weighted by molar-refractivity contribution is 5.94. The van der Waals surface area contributed by atoms with E-state index in [9.17, 15) is 4.79 Å². The molecule has 3 heterocycles. The first-order chi connectivity index (χ1) is 17.5. The molecule has 3 aliphatic heterocycles. The number of hydrogen-bond donors (Lipinski definition) is 0. The minimum absolute atomic E-state index is 0.0361. The van der Waals surface area contributed by atoms with Gasteiger partial charge in [-0.2, -0.15) is 0 Å². The average Bonchev–Trinajstić information content (AvgIpc) is 3.42. The molecule has 0 saturated carbocycles. The molecule has 0 bridgehead atoms. The van der Waals surface area contributed by atoms with Crippen molar-refractivity contribution in [3.63, 3.8) is 0 Å². The Hall–Kier alpha value is -2.41. The molecule has 1 spiro atoms. The third-order valence-electron chi connectivity index (χ3n) is 8.00. The van der Waals surface area contributed by atoms with E-state index in [1.807, 2.05) is 35.2 Å². The Kier molecular flexibility index (Phi) is 7.94. The number of hydrogen-bond acceptors (Lipinski definition) is 5. The SMILES string of the molecule is CC(C)[C@@H]1C[C@@]2(CO[C@H]1c1ccccc1)CN(C(=O)c1cccc(OCCN3CCCC3)c1)CCO2. The predicted molar refractivity (Wildman–Crippen MR) is 140 cm³/mol. The summed E-state index contributed by atoms with van der Waals surface area (Å²) in [5.74, 6) is 1.56. The van der Waals surface area contributed by atoms with Crippen molar-refractivity contribution in [3.8, 4) is 5.75 Å². The Morgan fingerprint density at radius 2 is 1.89 bits per heavy atom. The third kappa shape index (κ3) is 5.77. The summed E-state index contributed by atoms with van der Waals surface area (Å²) in [5, 5.41) is 0. The maximum atomic E-state index is 13.5. The van der Waals surface area contributed by atoms with Crippen LogP contribution in [0.4, 0.5) is 0 Å². The minimum atomic E-state index is -0.460. The van der Waals surface area contributed by atoms with Crippen LogP contribution < -0.4 is 4.74 Å². The lowest BCUT2D eigenvalue weighted by Gasteiger charge is -2.50. The van der Waals surface area contributed by atoms with Gasteiger partial charge >= 0.3 is 0 Å². The van der Waals surface area contributed by atoms with Gasteiger partial charge in [0, 0.05) is 18.7 Å². The molecule has 0 radical (unpaired) electrons. The van der Waals surface area contributed by atoms with Gasteiger partial charge in [-0.25, -0.2) is 0 Å². The smallest absolute Gasteiger partial charge is 0.254 e. The highest BCUT2D eigenvalue weighted by Gasteiger charge is 2.47. The zero-order valence-electron chi connectivity index (χ0n) is 21.7. The van der Waals surface area contributed by atoms with Gasteiger partial charge in [0.15, 0.2) is 0 Å². The van der Waals surface area contributed by atoms with Crippen molar-refractivity contribution in [3.05, 3.63) is 65.7 Å².